The molecule has 9 heteroatoms. The molecule has 2 bridgehead atoms. The molecule has 5 rings (SSSR count). The Morgan fingerprint density at radius 2 is 1.97 bits per heavy atom. The number of fused-ring (bicyclic) bond motifs is 2. The van der Waals surface area contributed by atoms with Gasteiger partial charge in [0.15, 0.2) is 5.82 Å². The fraction of sp³-hybridized carbons (Fsp3) is 0.381. The average molecular weight is 425 g/mol. The fourth-order valence-electron chi connectivity index (χ4n) is 4.62. The minimum atomic E-state index is -0.104. The second-order valence-electron chi connectivity index (χ2n) is 7.93. The molecule has 0 aromatic carbocycles. The van der Waals surface area contributed by atoms with E-state index in [1.165, 1.54) is 4.80 Å². The van der Waals surface area contributed by atoms with Crippen molar-refractivity contribution in [2.75, 3.05) is 0 Å². The molecule has 4 atom stereocenters. The molecule has 30 heavy (non-hydrogen) atoms. The Labute approximate surface area is 178 Å². The van der Waals surface area contributed by atoms with Crippen molar-refractivity contribution in [2.24, 2.45) is 5.92 Å². The number of piperidine rings is 1. The summed E-state index contributed by atoms with van der Waals surface area (Å²) in [5.74, 6) is 1.27. The quantitative estimate of drug-likeness (QED) is 0.639. The van der Waals surface area contributed by atoms with Crippen LogP contribution in [0.25, 0.3) is 5.82 Å². The first kappa shape index (κ1) is 19.0. The highest BCUT2D eigenvalue weighted by molar-refractivity contribution is 6.30. The highest BCUT2D eigenvalue weighted by Gasteiger charge is 2.53. The van der Waals surface area contributed by atoms with Crippen molar-refractivity contribution in [2.45, 2.75) is 44.9 Å². The predicted molar refractivity (Wildman–Crippen MR) is 110 cm³/mol. The maximum absolute atomic E-state index is 13.7. The number of carbonyl (C=O) groups excluding carboxylic acids is 1. The van der Waals surface area contributed by atoms with Crippen molar-refractivity contribution in [3.05, 3.63) is 59.1 Å². The van der Waals surface area contributed by atoms with E-state index in [0.29, 0.717) is 28.2 Å². The molecule has 8 nitrogen and oxygen atoms in total. The number of carbonyl (C=O) groups is 1. The fourth-order valence-corrected chi connectivity index (χ4v) is 4.73. The second-order valence-corrected chi connectivity index (χ2v) is 8.36. The van der Waals surface area contributed by atoms with Gasteiger partial charge in [-0.1, -0.05) is 11.6 Å². The topological polar surface area (TPSA) is 86.0 Å². The van der Waals surface area contributed by atoms with Gasteiger partial charge in [-0.25, -0.2) is 9.97 Å². The lowest BCUT2D eigenvalue weighted by molar-refractivity contribution is 0.0313. The summed E-state index contributed by atoms with van der Waals surface area (Å²) >= 11 is 5.92. The van der Waals surface area contributed by atoms with E-state index in [1.54, 1.807) is 36.9 Å². The van der Waals surface area contributed by atoms with Gasteiger partial charge in [-0.2, -0.15) is 10.2 Å². The first-order valence-corrected chi connectivity index (χ1v) is 10.3. The van der Waals surface area contributed by atoms with Crippen LogP contribution in [0.1, 0.15) is 35.7 Å². The summed E-state index contributed by atoms with van der Waals surface area (Å²) in [6, 6.07) is 5.47. The Hall–Kier alpha value is -3.00. The zero-order chi connectivity index (χ0) is 20.8. The number of pyridine rings is 2. The molecule has 0 N–H and O–H groups in total. The SMILES string of the molecule is Cc1cnc(-n2nccn2)c(C(=O)N2[C@H](C)[C@H]3C[C@@H](Oc4ccc(Cl)cn4)[C@@H]2C3)c1. The third-order valence-corrected chi connectivity index (χ3v) is 6.26. The molecule has 1 amide bonds. The van der Waals surface area contributed by atoms with Gasteiger partial charge in [-0.05, 0) is 50.3 Å². The third-order valence-electron chi connectivity index (χ3n) is 6.04. The lowest BCUT2D eigenvalue weighted by atomic mass is 9.98. The first-order chi connectivity index (χ1) is 14.5. The molecule has 1 aliphatic heterocycles. The van der Waals surface area contributed by atoms with Crippen LogP contribution in [0.15, 0.2) is 43.0 Å². The number of hydrogen-bond donors (Lipinski definition) is 0. The summed E-state index contributed by atoms with van der Waals surface area (Å²) < 4.78 is 6.15. The highest BCUT2D eigenvalue weighted by Crippen LogP contribution is 2.44. The number of nitrogens with zero attached hydrogens (tertiary/aromatic N) is 6. The second kappa shape index (κ2) is 7.36. The van der Waals surface area contributed by atoms with E-state index in [9.17, 15) is 4.79 Å². The Kier molecular flexibility index (Phi) is 4.66. The molecule has 0 unspecified atom stereocenters. The molecule has 154 valence electrons. The summed E-state index contributed by atoms with van der Waals surface area (Å²) in [6.45, 7) is 4.02. The lowest BCUT2D eigenvalue weighted by Gasteiger charge is -2.37. The van der Waals surface area contributed by atoms with E-state index in [-0.39, 0.29) is 24.1 Å². The van der Waals surface area contributed by atoms with E-state index in [4.69, 9.17) is 16.3 Å². The maximum Gasteiger partial charge on any atom is 0.258 e. The zero-order valence-corrected chi connectivity index (χ0v) is 17.4. The van der Waals surface area contributed by atoms with Crippen molar-refractivity contribution in [1.82, 2.24) is 29.9 Å². The monoisotopic (exact) mass is 424 g/mol. The molecule has 2 fully saturated rings. The van der Waals surface area contributed by atoms with E-state index in [0.717, 1.165) is 18.4 Å². The van der Waals surface area contributed by atoms with Crippen LogP contribution in [0.2, 0.25) is 5.02 Å². The minimum Gasteiger partial charge on any atom is -0.472 e. The summed E-state index contributed by atoms with van der Waals surface area (Å²) in [6.07, 6.45) is 8.13. The van der Waals surface area contributed by atoms with Gasteiger partial charge in [0.1, 0.15) is 6.10 Å². The number of ether oxygens (including phenoxy) is 1. The standard InChI is InChI=1S/C21H21ClN6O2/c1-12-7-16(20(24-10-12)28-25-5-6-26-28)21(29)27-13(2)14-8-17(27)18(9-14)30-19-4-3-15(22)11-23-19/h3-7,10-11,13-14,17-18H,8-9H2,1-2H3/t13-,14-,17+,18-/m1/s1. The van der Waals surface area contributed by atoms with Crippen molar-refractivity contribution in [3.63, 3.8) is 0 Å². The van der Waals surface area contributed by atoms with E-state index in [2.05, 4.69) is 27.1 Å². The molecule has 4 heterocycles. The molecular formula is C21H21ClN6O2. The third kappa shape index (κ3) is 3.21. The van der Waals surface area contributed by atoms with Gasteiger partial charge < -0.3 is 9.64 Å². The van der Waals surface area contributed by atoms with E-state index >= 15 is 0 Å². The van der Waals surface area contributed by atoms with Gasteiger partial charge in [0.2, 0.25) is 5.88 Å². The van der Waals surface area contributed by atoms with Crippen LogP contribution in [0.4, 0.5) is 0 Å². The van der Waals surface area contributed by atoms with Gasteiger partial charge in [-0.15, -0.1) is 4.80 Å². The predicted octanol–water partition coefficient (Wildman–Crippen LogP) is 3.09. The van der Waals surface area contributed by atoms with Crippen molar-refractivity contribution < 1.29 is 9.53 Å². The molecule has 0 spiro atoms. The zero-order valence-electron chi connectivity index (χ0n) is 16.6. The van der Waals surface area contributed by atoms with Crippen LogP contribution in [-0.2, 0) is 0 Å². The number of aromatic nitrogens is 5. The van der Waals surface area contributed by atoms with Gasteiger partial charge in [0.05, 0.1) is 29.0 Å². The van der Waals surface area contributed by atoms with Gasteiger partial charge in [0.25, 0.3) is 5.91 Å². The first-order valence-electron chi connectivity index (χ1n) is 9.95. The molecule has 2 aliphatic rings. The smallest absolute Gasteiger partial charge is 0.258 e. The van der Waals surface area contributed by atoms with Crippen LogP contribution < -0.4 is 4.74 Å². The molecule has 1 aliphatic carbocycles. The highest BCUT2D eigenvalue weighted by atomic mass is 35.5. The molecule has 3 aromatic rings. The van der Waals surface area contributed by atoms with Crippen molar-refractivity contribution >= 4 is 17.5 Å². The lowest BCUT2D eigenvalue weighted by Crippen LogP contribution is -2.51. The van der Waals surface area contributed by atoms with E-state index in [1.807, 2.05) is 17.9 Å². The van der Waals surface area contributed by atoms with Crippen LogP contribution in [0, 0.1) is 12.8 Å². The number of likely N-dealkylation sites (tertiary alicyclic amines) is 1. The van der Waals surface area contributed by atoms with Crippen molar-refractivity contribution in [1.29, 1.82) is 0 Å². The van der Waals surface area contributed by atoms with Gasteiger partial charge >= 0.3 is 0 Å². The van der Waals surface area contributed by atoms with Gasteiger partial charge in [-0.3, -0.25) is 4.79 Å². The Morgan fingerprint density at radius 1 is 1.17 bits per heavy atom. The van der Waals surface area contributed by atoms with Crippen LogP contribution in [0.5, 0.6) is 5.88 Å². The largest absolute Gasteiger partial charge is 0.472 e. The molecule has 0 radical (unpaired) electrons. The Bertz CT molecular complexity index is 1070. The summed E-state index contributed by atoms with van der Waals surface area (Å²) in [4.78, 5) is 25.7. The van der Waals surface area contributed by atoms with Crippen molar-refractivity contribution in [3.8, 4) is 11.7 Å². The van der Waals surface area contributed by atoms with Crippen LogP contribution in [0.3, 0.4) is 0 Å². The normalized spacial score (nSPS) is 25.0. The minimum absolute atomic E-state index is 0.0195. The number of aryl methyl sites for hydroxylation is 1. The molecule has 1 saturated carbocycles. The van der Waals surface area contributed by atoms with E-state index < -0.39 is 0 Å². The Morgan fingerprint density at radius 3 is 2.67 bits per heavy atom. The average Bonchev–Trinajstić information content (AvgIpc) is 3.46. The number of halogens is 1. The summed E-state index contributed by atoms with van der Waals surface area (Å²) in [7, 11) is 0. The number of amides is 1. The van der Waals surface area contributed by atoms with Crippen LogP contribution >= 0.6 is 11.6 Å². The number of hydrogen-bond acceptors (Lipinski definition) is 6. The molecular weight excluding hydrogens is 404 g/mol. The molecule has 3 aromatic heterocycles. The summed E-state index contributed by atoms with van der Waals surface area (Å²) in [5.41, 5.74) is 1.40. The van der Waals surface area contributed by atoms with Gasteiger partial charge in [0, 0.05) is 24.5 Å². The summed E-state index contributed by atoms with van der Waals surface area (Å²) in [5, 5.41) is 8.88. The maximum atomic E-state index is 13.7. The molecule has 1 saturated heterocycles. The van der Waals surface area contributed by atoms with Crippen LogP contribution in [-0.4, -0.2) is 54.0 Å². The number of rotatable bonds is 4. The Balaban J connectivity index is 1.45.